The maximum atomic E-state index is 9.13. The van der Waals surface area contributed by atoms with Gasteiger partial charge in [0.2, 0.25) is 0 Å². The number of hydrogen-bond donors (Lipinski definition) is 0. The van der Waals surface area contributed by atoms with Gasteiger partial charge >= 0.3 is 0 Å². The highest BCUT2D eigenvalue weighted by Gasteiger charge is 2.22. The highest BCUT2D eigenvalue weighted by molar-refractivity contribution is 5.98. The van der Waals surface area contributed by atoms with E-state index in [0.717, 1.165) is 168 Å². The van der Waals surface area contributed by atoms with E-state index in [1.54, 1.807) is 26.1 Å². The van der Waals surface area contributed by atoms with Crippen LogP contribution in [0.1, 0.15) is 70.6 Å². The summed E-state index contributed by atoms with van der Waals surface area (Å²) in [6, 6.07) is 119. The molecule has 582 valence electrons. The molecule has 19 rings (SSSR count). The predicted molar refractivity (Wildman–Crippen MR) is 509 cm³/mol. The fraction of sp³-hybridized carbons (Fsp3) is 0.0690. The summed E-state index contributed by atoms with van der Waals surface area (Å²) in [6.45, 7) is -11.8. The zero-order chi connectivity index (χ0) is 98.8. The van der Waals surface area contributed by atoms with E-state index in [1.165, 1.54) is 18.3 Å². The Kier molecular flexibility index (Phi) is 15.8. The van der Waals surface area contributed by atoms with Crippen molar-refractivity contribution in [2.75, 3.05) is 0 Å². The average Bonchev–Trinajstić information content (AvgIpc) is 0.797. The van der Waals surface area contributed by atoms with Crippen LogP contribution >= 0.6 is 0 Å². The molecule has 0 fully saturated rings. The van der Waals surface area contributed by atoms with Crippen LogP contribution in [0.25, 0.3) is 201 Å². The van der Waals surface area contributed by atoms with Gasteiger partial charge in [0.15, 0.2) is 0 Å². The summed E-state index contributed by atoms with van der Waals surface area (Å²) in [5.74, 6) is 0. The minimum Gasteiger partial charge on any atom is -0.256 e. The predicted octanol–water partition coefficient (Wildman–Crippen LogP) is 30.5. The van der Waals surface area contributed by atoms with Crippen molar-refractivity contribution in [3.63, 3.8) is 0 Å². The highest BCUT2D eigenvalue weighted by atomic mass is 14.8. The molecule has 5 aromatic heterocycles. The first-order valence-electron chi connectivity index (χ1n) is 49.7. The molecule has 0 aliphatic rings. The monoisotopic (exact) mass is 1580 g/mol. The van der Waals surface area contributed by atoms with Crippen LogP contribution < -0.4 is 0 Å². The topological polar surface area (TPSA) is 77.3 Å². The lowest BCUT2D eigenvalue weighted by atomic mass is 9.86. The van der Waals surface area contributed by atoms with Crippen LogP contribution in [-0.2, 0) is 0 Å². The summed E-state index contributed by atoms with van der Waals surface area (Å²) in [6.07, 6.45) is 5.17. The third-order valence-corrected chi connectivity index (χ3v) is 22.9. The van der Waals surface area contributed by atoms with Gasteiger partial charge in [-0.3, -0.25) is 19.9 Å². The second-order valence-electron chi connectivity index (χ2n) is 30.6. The Labute approximate surface area is 741 Å². The Morgan fingerprint density at radius 1 is 0.156 bits per heavy atom. The molecule has 0 radical (unpaired) electrons. The molecule has 19 aromatic rings. The quantitative estimate of drug-likeness (QED) is 0.0852. The van der Waals surface area contributed by atoms with Crippen molar-refractivity contribution in [1.82, 2.24) is 29.9 Å². The summed E-state index contributed by atoms with van der Waals surface area (Å²) >= 11 is 0. The molecule has 0 unspecified atom stereocenters. The van der Waals surface area contributed by atoms with Crippen LogP contribution in [0, 0.1) is 55.0 Å². The van der Waals surface area contributed by atoms with Gasteiger partial charge in [0.1, 0.15) is 7.67 Å². The minimum absolute atomic E-state index is 0.155. The van der Waals surface area contributed by atoms with Gasteiger partial charge in [-0.1, -0.05) is 291 Å². The highest BCUT2D eigenvalue weighted by Crippen LogP contribution is 2.47. The van der Waals surface area contributed by atoms with Gasteiger partial charge < -0.3 is 0 Å². The molecular formula is C116H88N6. The molecule has 0 amide bonds. The molecule has 14 aromatic carbocycles. The van der Waals surface area contributed by atoms with E-state index >= 15 is 0 Å². The molecule has 0 saturated carbocycles. The third-order valence-electron chi connectivity index (χ3n) is 22.9. The van der Waals surface area contributed by atoms with Crippen molar-refractivity contribution >= 4 is 0 Å². The van der Waals surface area contributed by atoms with Crippen molar-refractivity contribution in [1.29, 1.82) is 0 Å². The normalized spacial score (nSPS) is 14.2. The molecule has 5 heterocycles. The fourth-order valence-corrected chi connectivity index (χ4v) is 16.3. The van der Waals surface area contributed by atoms with Crippen LogP contribution in [0.2, 0.25) is 0 Å². The molecule has 0 spiro atoms. The van der Waals surface area contributed by atoms with Crippen LogP contribution in [0.3, 0.4) is 0 Å². The summed E-state index contributed by atoms with van der Waals surface area (Å²) in [4.78, 5) is 27.6. The SMILES string of the molecule is [2H]c1nc(-c2ccc(-c3ccccc3-c3cc(-c4ccccc4-c4ccc(-c5cc(C)c(C([2H])([2H])[2H])cn5)cc4)cc(-c4ccccc4-c4ccc(-c5cc(C([2H])([2H])[2H])c(C)cn5)cc4)c3)cc2)cc(-c2ccc(-c3ccccc3-c3cc(-c4ccccc4-c4ccc(-c5cc(C([2H])([2H])[2H])c(C([2H])([2H])[2H])cn5)cc4)cc(-c4ccccc4-c4ccc(-c5cc(C([2H])([2H])[2H])c(C([2H])([2H])[2H])cn5)cc4)c3)cc2)n1. The van der Waals surface area contributed by atoms with Crippen molar-refractivity contribution in [2.45, 2.75) is 55.0 Å². The Morgan fingerprint density at radius 2 is 0.320 bits per heavy atom. The summed E-state index contributed by atoms with van der Waals surface area (Å²) in [7, 11) is 0. The summed E-state index contributed by atoms with van der Waals surface area (Å²) < 4.78 is 156. The molecule has 0 saturated heterocycles. The number of benzene rings is 14. The largest absolute Gasteiger partial charge is 0.256 e. The minimum atomic E-state index is -2.71. The van der Waals surface area contributed by atoms with E-state index in [-0.39, 0.29) is 39.7 Å². The van der Waals surface area contributed by atoms with E-state index in [1.807, 2.05) is 188 Å². The Hall–Kier alpha value is -15.2. The lowest BCUT2D eigenvalue weighted by molar-refractivity contribution is 1.18. The zero-order valence-corrected chi connectivity index (χ0v) is 66.6. The smallest absolute Gasteiger partial charge is 0.116 e. The molecule has 6 nitrogen and oxygen atoms in total. The number of rotatable bonds is 18. The molecule has 0 N–H and O–H groups in total. The van der Waals surface area contributed by atoms with Crippen LogP contribution in [0.15, 0.2) is 389 Å². The average molecular weight is 1590 g/mol. The van der Waals surface area contributed by atoms with Crippen molar-refractivity contribution in [3.8, 4) is 201 Å². The van der Waals surface area contributed by atoms with E-state index in [0.29, 0.717) is 56.4 Å². The van der Waals surface area contributed by atoms with Gasteiger partial charge in [0.05, 0.1) is 34.2 Å². The molecule has 122 heavy (non-hydrogen) atoms. The van der Waals surface area contributed by atoms with Crippen molar-refractivity contribution in [3.05, 3.63) is 434 Å². The molecule has 0 aliphatic heterocycles. The van der Waals surface area contributed by atoms with Gasteiger partial charge in [-0.25, -0.2) is 9.97 Å². The number of aromatic nitrogens is 6. The van der Waals surface area contributed by atoms with E-state index in [4.69, 9.17) is 36.0 Å². The molecule has 6 heteroatoms. The summed E-state index contributed by atoms with van der Waals surface area (Å²) in [5.41, 5.74) is 30.1. The van der Waals surface area contributed by atoms with Gasteiger partial charge in [-0.2, -0.15) is 0 Å². The fourth-order valence-electron chi connectivity index (χ4n) is 16.3. The first-order chi connectivity index (χ1) is 67.4. The molecule has 0 bridgehead atoms. The maximum absolute atomic E-state index is 9.13. The Balaban J connectivity index is 0.654. The third kappa shape index (κ3) is 15.6. The summed E-state index contributed by atoms with van der Waals surface area (Å²) in [5, 5.41) is 0. The Morgan fingerprint density at radius 3 is 0.525 bits per heavy atom. The lowest BCUT2D eigenvalue weighted by Crippen LogP contribution is -1.93. The molecule has 0 atom stereocenters. The van der Waals surface area contributed by atoms with Crippen LogP contribution in [-0.4, -0.2) is 29.9 Å². The second kappa shape index (κ2) is 33.3. The van der Waals surface area contributed by atoms with Gasteiger partial charge in [0, 0.05) is 82.8 Å². The van der Waals surface area contributed by atoms with Gasteiger partial charge in [-0.15, -0.1) is 0 Å². The van der Waals surface area contributed by atoms with Gasteiger partial charge in [0.25, 0.3) is 0 Å². The number of nitrogens with zero attached hydrogens (tertiary/aromatic N) is 6. The first-order valence-corrected chi connectivity index (χ1v) is 40.2. The van der Waals surface area contributed by atoms with Crippen molar-refractivity contribution < 1.29 is 26.0 Å². The number of hydrogen-bond acceptors (Lipinski definition) is 6. The van der Waals surface area contributed by atoms with Crippen molar-refractivity contribution in [2.24, 2.45) is 0 Å². The maximum Gasteiger partial charge on any atom is 0.116 e. The first kappa shape index (κ1) is 57.8. The van der Waals surface area contributed by atoms with Crippen LogP contribution in [0.4, 0.5) is 0 Å². The van der Waals surface area contributed by atoms with E-state index < -0.39 is 41.1 Å². The standard InChI is InChI=1S/C116H88N6/c1-73-57-111(117-68-77(73)5)87-45-33-81(34-46-87)99-21-9-15-27-105(99)93-61-94(106-28-16-10-22-100(106)82-35-47-88(48-36-82)112-58-74(2)78(6)69-118-112)64-97(63-93)109-31-19-13-25-103(109)85-41-53-91(54-42-85)115-67-116(122-72-121-115)92-55-43-86(44-56-92)104-26-14-20-32-110(104)98-65-95(107-29-17-11-23-101(107)83-37-49-89(50-38-83)113-59-75(3)79(7)70-119-113)62-96(66-98)108-30-18-12-24-102(108)84-39-51-90(52-40-84)114-60-76(4)80(8)71-120-114/h9-72H,1-8H3/i1D3,2D3,3D3,5D3,6D3,8D3,72D. The second-order valence-corrected chi connectivity index (χ2v) is 30.6. The zero-order valence-electron chi connectivity index (χ0n) is 85.6. The van der Waals surface area contributed by atoms with Crippen LogP contribution in [0.5, 0.6) is 0 Å². The van der Waals surface area contributed by atoms with E-state index in [9.17, 15) is 0 Å². The Bertz CT molecular complexity index is 7760. The van der Waals surface area contributed by atoms with Gasteiger partial charge in [-0.05, 0) is 300 Å². The van der Waals surface area contributed by atoms with E-state index in [2.05, 4.69) is 172 Å². The number of pyridine rings is 4. The molecular weight excluding hydrogens is 1480 g/mol. The molecule has 0 aliphatic carbocycles. The number of aryl methyl sites for hydroxylation is 8. The lowest BCUT2D eigenvalue weighted by Gasteiger charge is -2.18.